The molecule has 7 heteroatoms. The Balaban J connectivity index is 1.67. The highest BCUT2D eigenvalue weighted by Crippen LogP contribution is 2.14. The van der Waals surface area contributed by atoms with Crippen LogP contribution in [0.5, 0.6) is 0 Å². The van der Waals surface area contributed by atoms with E-state index in [0.717, 1.165) is 16.7 Å². The van der Waals surface area contributed by atoms with E-state index in [1.54, 1.807) is 31.3 Å². The zero-order chi connectivity index (χ0) is 20.3. The highest BCUT2D eigenvalue weighted by Gasteiger charge is 2.18. The van der Waals surface area contributed by atoms with E-state index in [1.807, 2.05) is 26.0 Å². The summed E-state index contributed by atoms with van der Waals surface area (Å²) in [7, 11) is 1.66. The van der Waals surface area contributed by atoms with Crippen LogP contribution in [0, 0.1) is 13.8 Å². The summed E-state index contributed by atoms with van der Waals surface area (Å²) < 4.78 is 5.13. The molecule has 0 aliphatic carbocycles. The average molecular weight is 379 g/mol. The number of rotatable bonds is 5. The molecular formula is C21H21N3O4. The number of aromatic nitrogens is 2. The minimum Gasteiger partial charge on any atom is -0.451 e. The van der Waals surface area contributed by atoms with Crippen molar-refractivity contribution in [3.8, 4) is 0 Å². The molecule has 0 saturated heterocycles. The van der Waals surface area contributed by atoms with Gasteiger partial charge in [-0.1, -0.05) is 42.0 Å². The molecule has 0 radical (unpaired) electrons. The molecule has 0 fully saturated rings. The Kier molecular flexibility index (Phi) is 5.54. The van der Waals surface area contributed by atoms with Gasteiger partial charge in [0, 0.05) is 19.0 Å². The quantitative estimate of drug-likeness (QED) is 0.687. The maximum Gasteiger partial charge on any atom is 0.359 e. The van der Waals surface area contributed by atoms with Crippen LogP contribution >= 0.6 is 0 Å². The molecule has 0 unspecified atom stereocenters. The third-order valence-corrected chi connectivity index (χ3v) is 4.55. The zero-order valence-corrected chi connectivity index (χ0v) is 16.0. The fourth-order valence-electron chi connectivity index (χ4n) is 2.94. The van der Waals surface area contributed by atoms with Gasteiger partial charge in [0.25, 0.3) is 11.5 Å². The van der Waals surface area contributed by atoms with E-state index in [0.29, 0.717) is 17.3 Å². The van der Waals surface area contributed by atoms with Crippen molar-refractivity contribution in [1.29, 1.82) is 0 Å². The number of fused-ring (bicyclic) bond motifs is 1. The Bertz CT molecular complexity index is 1100. The molecule has 1 amide bonds. The molecule has 1 aromatic heterocycles. The Morgan fingerprint density at radius 3 is 2.54 bits per heavy atom. The number of benzene rings is 2. The number of hydrogen-bond acceptors (Lipinski definition) is 5. The summed E-state index contributed by atoms with van der Waals surface area (Å²) in [6.45, 7) is 4.02. The molecule has 2 aromatic carbocycles. The van der Waals surface area contributed by atoms with Crippen LogP contribution in [0.3, 0.4) is 0 Å². The highest BCUT2D eigenvalue weighted by molar-refractivity contribution is 6.02. The SMILES string of the molecule is Cc1ccc(CN(C)C(=O)COC(=O)c2n[nH]c(=O)c3ccccc23)c(C)c1. The van der Waals surface area contributed by atoms with Crippen LogP contribution in [-0.2, 0) is 16.1 Å². The molecule has 0 bridgehead atoms. The van der Waals surface area contributed by atoms with Crippen molar-refractivity contribution in [2.24, 2.45) is 0 Å². The number of H-pyrrole nitrogens is 1. The normalized spacial score (nSPS) is 10.7. The van der Waals surface area contributed by atoms with Crippen LogP contribution in [0.1, 0.15) is 27.2 Å². The van der Waals surface area contributed by atoms with Gasteiger partial charge in [-0.25, -0.2) is 9.89 Å². The number of hydrogen-bond donors (Lipinski definition) is 1. The fourth-order valence-corrected chi connectivity index (χ4v) is 2.94. The lowest BCUT2D eigenvalue weighted by Crippen LogP contribution is -2.31. The van der Waals surface area contributed by atoms with Gasteiger partial charge in [0.15, 0.2) is 12.3 Å². The Labute approximate surface area is 161 Å². The number of amides is 1. The van der Waals surface area contributed by atoms with Crippen molar-refractivity contribution in [1.82, 2.24) is 15.1 Å². The Hall–Kier alpha value is -3.48. The van der Waals surface area contributed by atoms with Crippen LogP contribution in [0.15, 0.2) is 47.3 Å². The van der Waals surface area contributed by atoms with E-state index >= 15 is 0 Å². The second kappa shape index (κ2) is 8.04. The summed E-state index contributed by atoms with van der Waals surface area (Å²) in [5, 5.41) is 6.77. The first kappa shape index (κ1) is 19.3. The minimum absolute atomic E-state index is 0.0277. The van der Waals surface area contributed by atoms with Gasteiger partial charge < -0.3 is 9.64 Å². The third kappa shape index (κ3) is 4.09. The average Bonchev–Trinajstić information content (AvgIpc) is 2.68. The lowest BCUT2D eigenvalue weighted by molar-refractivity contribution is -0.133. The van der Waals surface area contributed by atoms with Gasteiger partial charge in [0.05, 0.1) is 5.39 Å². The van der Waals surface area contributed by atoms with Crippen molar-refractivity contribution in [3.05, 3.63) is 75.2 Å². The van der Waals surface area contributed by atoms with Gasteiger partial charge in [-0.2, -0.15) is 5.10 Å². The molecule has 3 aromatic rings. The molecule has 1 heterocycles. The molecule has 1 N–H and O–H groups in total. The first-order valence-electron chi connectivity index (χ1n) is 8.81. The largest absolute Gasteiger partial charge is 0.451 e. The minimum atomic E-state index is -0.763. The number of carbonyl (C=O) groups is 2. The van der Waals surface area contributed by atoms with E-state index in [2.05, 4.69) is 16.3 Å². The van der Waals surface area contributed by atoms with Gasteiger partial charge in [-0.3, -0.25) is 9.59 Å². The highest BCUT2D eigenvalue weighted by atomic mass is 16.5. The number of likely N-dealkylation sites (N-methyl/N-ethyl adjacent to an activating group) is 1. The van der Waals surface area contributed by atoms with E-state index < -0.39 is 18.1 Å². The molecule has 0 atom stereocenters. The summed E-state index contributed by atoms with van der Waals surface area (Å²) in [4.78, 5) is 38.0. The summed E-state index contributed by atoms with van der Waals surface area (Å²) in [6, 6.07) is 12.6. The predicted molar refractivity (Wildman–Crippen MR) is 105 cm³/mol. The Morgan fingerprint density at radius 2 is 1.82 bits per heavy atom. The molecular weight excluding hydrogens is 358 g/mol. The molecule has 144 valence electrons. The van der Waals surface area contributed by atoms with Crippen molar-refractivity contribution in [2.75, 3.05) is 13.7 Å². The second-order valence-electron chi connectivity index (χ2n) is 6.70. The van der Waals surface area contributed by atoms with E-state index in [-0.39, 0.29) is 11.6 Å². The van der Waals surface area contributed by atoms with Crippen molar-refractivity contribution >= 4 is 22.6 Å². The van der Waals surface area contributed by atoms with Crippen LogP contribution < -0.4 is 5.56 Å². The summed E-state index contributed by atoms with van der Waals surface area (Å²) in [6.07, 6.45) is 0. The molecule has 7 nitrogen and oxygen atoms in total. The van der Waals surface area contributed by atoms with Gasteiger partial charge in [-0.05, 0) is 31.0 Å². The number of nitrogens with one attached hydrogen (secondary N) is 1. The van der Waals surface area contributed by atoms with Crippen molar-refractivity contribution in [2.45, 2.75) is 20.4 Å². The third-order valence-electron chi connectivity index (χ3n) is 4.55. The summed E-state index contributed by atoms with van der Waals surface area (Å²) in [5.41, 5.74) is 2.86. The molecule has 3 rings (SSSR count). The van der Waals surface area contributed by atoms with Crippen LogP contribution in [-0.4, -0.2) is 40.6 Å². The molecule has 0 spiro atoms. The lowest BCUT2D eigenvalue weighted by Gasteiger charge is -2.18. The van der Waals surface area contributed by atoms with Crippen LogP contribution in [0.25, 0.3) is 10.8 Å². The maximum atomic E-state index is 12.4. The molecule has 0 aliphatic rings. The predicted octanol–water partition coefficient (Wildman–Crippen LogP) is 2.36. The standard InChI is InChI=1S/C21H21N3O4/c1-13-8-9-15(14(2)10-13)11-24(3)18(25)12-28-21(27)19-16-6-4-5-7-17(16)20(26)23-22-19/h4-10H,11-12H2,1-3H3,(H,23,26). The van der Waals surface area contributed by atoms with Crippen LogP contribution in [0.2, 0.25) is 0 Å². The first-order valence-corrected chi connectivity index (χ1v) is 8.81. The van der Waals surface area contributed by atoms with Gasteiger partial charge >= 0.3 is 5.97 Å². The smallest absolute Gasteiger partial charge is 0.359 e. The lowest BCUT2D eigenvalue weighted by atomic mass is 10.1. The van der Waals surface area contributed by atoms with Gasteiger partial charge in [0.1, 0.15) is 0 Å². The monoisotopic (exact) mass is 379 g/mol. The molecule has 28 heavy (non-hydrogen) atoms. The molecule has 0 aliphatic heterocycles. The zero-order valence-electron chi connectivity index (χ0n) is 16.0. The number of carbonyl (C=O) groups excluding carboxylic acids is 2. The maximum absolute atomic E-state index is 12.4. The molecule has 0 saturated carbocycles. The fraction of sp³-hybridized carbons (Fsp3) is 0.238. The topological polar surface area (TPSA) is 92.4 Å². The Morgan fingerprint density at radius 1 is 1.11 bits per heavy atom. The van der Waals surface area contributed by atoms with Gasteiger partial charge in [-0.15, -0.1) is 0 Å². The summed E-state index contributed by atoms with van der Waals surface area (Å²) >= 11 is 0. The van der Waals surface area contributed by atoms with Gasteiger partial charge in [0.2, 0.25) is 0 Å². The van der Waals surface area contributed by atoms with E-state index in [4.69, 9.17) is 4.74 Å². The van der Waals surface area contributed by atoms with Crippen LogP contribution in [0.4, 0.5) is 0 Å². The van der Waals surface area contributed by atoms with Crippen molar-refractivity contribution in [3.63, 3.8) is 0 Å². The van der Waals surface area contributed by atoms with E-state index in [9.17, 15) is 14.4 Å². The van der Waals surface area contributed by atoms with E-state index in [1.165, 1.54) is 4.90 Å². The summed E-state index contributed by atoms with van der Waals surface area (Å²) in [5.74, 6) is -1.09. The first-order chi connectivity index (χ1) is 13.4. The number of esters is 1. The number of nitrogens with zero attached hydrogens (tertiary/aromatic N) is 2. The number of ether oxygens (including phenoxy) is 1. The van der Waals surface area contributed by atoms with Crippen molar-refractivity contribution < 1.29 is 14.3 Å². The second-order valence-corrected chi connectivity index (χ2v) is 6.70. The number of aryl methyl sites for hydroxylation is 2. The number of aromatic amines is 1.